The van der Waals surface area contributed by atoms with E-state index in [-0.39, 0.29) is 89.4 Å². The molecule has 4 saturated heterocycles. The number of aromatic amines is 2. The van der Waals surface area contributed by atoms with Crippen LogP contribution < -0.4 is 31.6 Å². The van der Waals surface area contributed by atoms with Crippen LogP contribution in [0.2, 0.25) is 0 Å². The minimum absolute atomic E-state index is 0.0109. The van der Waals surface area contributed by atoms with E-state index in [2.05, 4.69) is 86.6 Å². The van der Waals surface area contributed by atoms with E-state index in [1.807, 2.05) is 40.7 Å². The Morgan fingerprint density at radius 3 is 1.48 bits per heavy atom. The van der Waals surface area contributed by atoms with E-state index in [1.54, 1.807) is 24.3 Å². The topological polar surface area (TPSA) is 184 Å². The zero-order valence-corrected chi connectivity index (χ0v) is 53.4. The van der Waals surface area contributed by atoms with Gasteiger partial charge in [-0.1, -0.05) is 71.2 Å². The van der Waals surface area contributed by atoms with Gasteiger partial charge in [-0.25, -0.2) is 8.78 Å². The first-order chi connectivity index (χ1) is 42.0. The number of halogens is 2. The minimum atomic E-state index is -0.447. The molecule has 6 aliphatic rings. The van der Waals surface area contributed by atoms with E-state index < -0.39 is 10.8 Å². The number of carbonyl (C=O) groups excluding carboxylic acids is 4. The van der Waals surface area contributed by atoms with Crippen molar-refractivity contribution in [3.8, 4) is 0 Å². The van der Waals surface area contributed by atoms with Crippen LogP contribution in [0, 0.1) is 11.6 Å². The molecule has 4 aromatic rings. The second-order valence-corrected chi connectivity index (χ2v) is 27.9. The Morgan fingerprint density at radius 2 is 1.00 bits per heavy atom. The number of Topliss-reactive ketones (excluding diaryl/α,β-unsaturated/α-hetero) is 1. The Morgan fingerprint density at radius 1 is 0.545 bits per heavy atom. The summed E-state index contributed by atoms with van der Waals surface area (Å²) in [5, 5.41) is 7.30. The molecule has 0 radical (unpaired) electrons. The molecule has 0 saturated carbocycles. The lowest BCUT2D eigenvalue weighted by molar-refractivity contribution is -0.138. The van der Waals surface area contributed by atoms with Crippen LogP contribution in [0.4, 0.5) is 20.2 Å². The zero-order valence-electron chi connectivity index (χ0n) is 53.4. The predicted octanol–water partition coefficient (Wildman–Crippen LogP) is 5.63. The Kier molecular flexibility index (Phi) is 20.7. The van der Waals surface area contributed by atoms with Crippen molar-refractivity contribution < 1.29 is 28.0 Å². The van der Waals surface area contributed by atoms with Gasteiger partial charge in [0.05, 0.1) is 30.9 Å². The van der Waals surface area contributed by atoms with E-state index in [1.165, 1.54) is 24.3 Å². The van der Waals surface area contributed by atoms with Crippen LogP contribution in [0.5, 0.6) is 0 Å². The molecule has 2 unspecified atom stereocenters. The molecule has 478 valence electrons. The van der Waals surface area contributed by atoms with Gasteiger partial charge in [-0.05, 0) is 94.6 Å². The number of piperazine rings is 4. The molecule has 10 rings (SSSR count). The SMILES string of the molecule is CC1CN(CCCCCCCC(=O)CC(=O)N2CCN(C[C@H]3CN[C@H](C)CN3CC(=O)N3CC(C)(C)c4[nH]c(=O)c(Cc5ccc(F)cc5)cc43)C(C)C2)CCN1C[C@H]1CN[C@H](C)CN1CC(=O)N1CC(C)(C)c2[nH]c(=O)c(Cc3ccc(F)cc3)cc21. The van der Waals surface area contributed by atoms with Crippen molar-refractivity contribution in [2.24, 2.45) is 0 Å². The largest absolute Gasteiger partial charge is 0.339 e. The van der Waals surface area contributed by atoms with Gasteiger partial charge in [0.15, 0.2) is 0 Å². The molecule has 8 heterocycles. The van der Waals surface area contributed by atoms with Crippen molar-refractivity contribution in [2.75, 3.05) is 121 Å². The number of nitrogens with zero attached hydrogens (tertiary/aromatic N) is 8. The van der Waals surface area contributed by atoms with Gasteiger partial charge in [0.2, 0.25) is 17.7 Å². The monoisotopic (exact) mass is 1210 g/mol. The molecule has 0 bridgehead atoms. The summed E-state index contributed by atoms with van der Waals surface area (Å²) >= 11 is 0. The summed E-state index contributed by atoms with van der Waals surface area (Å²) in [5.74, 6) is -0.739. The molecular formula is C68H96F2N12O6. The van der Waals surface area contributed by atoms with Crippen molar-refractivity contribution in [1.82, 2.24) is 50.0 Å². The summed E-state index contributed by atoms with van der Waals surface area (Å²) in [5.41, 5.74) is 4.47. The third kappa shape index (κ3) is 15.8. The molecule has 20 heteroatoms. The lowest BCUT2D eigenvalue weighted by atomic mass is 9.91. The second-order valence-electron chi connectivity index (χ2n) is 27.9. The van der Waals surface area contributed by atoms with Gasteiger partial charge >= 0.3 is 0 Å². The fraction of sp³-hybridized carbons (Fsp3) is 0.618. The first-order valence-corrected chi connectivity index (χ1v) is 32.5. The number of carbonyl (C=O) groups is 4. The molecule has 88 heavy (non-hydrogen) atoms. The molecule has 6 aliphatic heterocycles. The maximum atomic E-state index is 14.4. The first-order valence-electron chi connectivity index (χ1n) is 32.5. The first kappa shape index (κ1) is 65.0. The predicted molar refractivity (Wildman–Crippen MR) is 341 cm³/mol. The molecule has 3 amide bonds. The average Bonchev–Trinajstić information content (AvgIpc) is 1.78. The lowest BCUT2D eigenvalue weighted by Gasteiger charge is -2.45. The number of unbranched alkanes of at least 4 members (excludes halogenated alkanes) is 4. The third-order valence-electron chi connectivity index (χ3n) is 19.7. The maximum absolute atomic E-state index is 14.4. The second kappa shape index (κ2) is 28.0. The molecular weight excluding hydrogens is 1120 g/mol. The number of rotatable bonds is 22. The smallest absolute Gasteiger partial charge is 0.251 e. The summed E-state index contributed by atoms with van der Waals surface area (Å²) < 4.78 is 27.3. The molecule has 0 spiro atoms. The number of pyridine rings is 2. The van der Waals surface area contributed by atoms with Crippen LogP contribution in [0.1, 0.15) is 134 Å². The molecule has 2 aromatic carbocycles. The standard InChI is InChI=1S/C68H96F2N12O6/c1-45-35-79(41-61(85)81-43-67(5,6)63-58(81)30-51(65(87)73-63)28-49-15-19-53(69)20-16-49)55(33-71-45)39-76-25-24-75(37-47(76)3)23-13-11-9-10-12-14-57(83)32-60(84)78-27-26-77(48(4)38-78)40-56-34-72-46(2)36-80(56)42-62(86)82-44-68(7,8)64-59(82)31-52(66(88)74-64)29-50-17-21-54(70)22-18-50/h15-22,30-31,45-48,55-56,71-72H,9-14,23-29,32-44H2,1-8H3,(H,73,87)(H,74,88)/t45-,46-,47?,48?,55-,56-/m1/s1. The molecule has 4 N–H and O–H groups in total. The Labute approximate surface area is 518 Å². The number of benzene rings is 2. The maximum Gasteiger partial charge on any atom is 0.251 e. The van der Waals surface area contributed by atoms with Gasteiger partial charge in [0.1, 0.15) is 17.4 Å². The van der Waals surface area contributed by atoms with E-state index >= 15 is 0 Å². The lowest BCUT2D eigenvalue weighted by Crippen LogP contribution is -2.63. The van der Waals surface area contributed by atoms with E-state index in [9.17, 15) is 37.5 Å². The Balaban J connectivity index is 0.612. The summed E-state index contributed by atoms with van der Waals surface area (Å²) in [6.07, 6.45) is 6.06. The van der Waals surface area contributed by atoms with E-state index in [0.717, 1.165) is 125 Å². The number of hydrogen-bond donors (Lipinski definition) is 4. The van der Waals surface area contributed by atoms with Crippen LogP contribution >= 0.6 is 0 Å². The quantitative estimate of drug-likeness (QED) is 0.0562. The highest BCUT2D eigenvalue weighted by Gasteiger charge is 2.43. The van der Waals surface area contributed by atoms with Gasteiger partial charge < -0.3 is 40.2 Å². The Bertz CT molecular complexity index is 3240. The van der Waals surface area contributed by atoms with Crippen LogP contribution in [-0.2, 0) is 42.8 Å². The van der Waals surface area contributed by atoms with Crippen LogP contribution in [0.3, 0.4) is 0 Å². The van der Waals surface area contributed by atoms with Crippen LogP contribution in [-0.4, -0.2) is 210 Å². The van der Waals surface area contributed by atoms with Gasteiger partial charge in [-0.3, -0.25) is 48.4 Å². The number of nitrogens with one attached hydrogen (secondary N) is 4. The summed E-state index contributed by atoms with van der Waals surface area (Å²) in [4.78, 5) is 106. The van der Waals surface area contributed by atoms with Crippen molar-refractivity contribution in [3.63, 3.8) is 0 Å². The number of fused-ring (bicyclic) bond motifs is 2. The Hall–Kier alpha value is -6.00. The number of hydrogen-bond acceptors (Lipinski definition) is 13. The highest BCUT2D eigenvalue weighted by molar-refractivity contribution is 5.99. The fourth-order valence-corrected chi connectivity index (χ4v) is 14.5. The van der Waals surface area contributed by atoms with Crippen molar-refractivity contribution >= 4 is 34.9 Å². The van der Waals surface area contributed by atoms with E-state index in [0.29, 0.717) is 82.2 Å². The fourth-order valence-electron chi connectivity index (χ4n) is 14.5. The molecule has 2 aromatic heterocycles. The van der Waals surface area contributed by atoms with Crippen molar-refractivity contribution in [1.29, 1.82) is 0 Å². The summed E-state index contributed by atoms with van der Waals surface area (Å²) in [6, 6.07) is 17.1. The van der Waals surface area contributed by atoms with Crippen LogP contribution in [0.25, 0.3) is 0 Å². The third-order valence-corrected chi connectivity index (χ3v) is 19.7. The number of H-pyrrole nitrogens is 2. The normalized spacial score (nSPS) is 24.4. The molecule has 4 fully saturated rings. The van der Waals surface area contributed by atoms with Gasteiger partial charge in [-0.15, -0.1) is 0 Å². The van der Waals surface area contributed by atoms with E-state index in [4.69, 9.17) is 0 Å². The van der Waals surface area contributed by atoms with Gasteiger partial charge in [0, 0.05) is 180 Å². The van der Waals surface area contributed by atoms with Gasteiger partial charge in [0.25, 0.3) is 11.1 Å². The number of anilines is 2. The van der Waals surface area contributed by atoms with Crippen LogP contribution in [0.15, 0.2) is 70.3 Å². The molecule has 6 atom stereocenters. The molecule has 18 nitrogen and oxygen atoms in total. The number of amides is 3. The van der Waals surface area contributed by atoms with Crippen molar-refractivity contribution in [3.05, 3.63) is 127 Å². The number of ketones is 1. The van der Waals surface area contributed by atoms with Crippen molar-refractivity contribution in [2.45, 2.75) is 160 Å². The highest BCUT2D eigenvalue weighted by Crippen LogP contribution is 2.41. The summed E-state index contributed by atoms with van der Waals surface area (Å²) in [7, 11) is 0. The zero-order chi connectivity index (χ0) is 62.6. The number of aromatic nitrogens is 2. The minimum Gasteiger partial charge on any atom is -0.339 e. The van der Waals surface area contributed by atoms with Gasteiger partial charge in [-0.2, -0.15) is 0 Å². The highest BCUT2D eigenvalue weighted by atomic mass is 19.1. The molecule has 0 aliphatic carbocycles. The average molecular weight is 1220 g/mol. The summed E-state index contributed by atoms with van der Waals surface area (Å²) in [6.45, 7) is 28.8.